The summed E-state index contributed by atoms with van der Waals surface area (Å²) >= 11 is 0. The Morgan fingerprint density at radius 1 is 1.17 bits per heavy atom. The highest BCUT2D eigenvalue weighted by molar-refractivity contribution is 5.94. The van der Waals surface area contributed by atoms with Crippen molar-refractivity contribution in [3.8, 4) is 11.5 Å². The Balaban J connectivity index is 1.42. The summed E-state index contributed by atoms with van der Waals surface area (Å²) in [5.74, 6) is 0.426. The van der Waals surface area contributed by atoms with Gasteiger partial charge >= 0.3 is 5.97 Å². The van der Waals surface area contributed by atoms with Crippen molar-refractivity contribution < 1.29 is 19.1 Å². The van der Waals surface area contributed by atoms with E-state index in [9.17, 15) is 9.59 Å². The molecule has 1 amide bonds. The number of para-hydroxylation sites is 2. The summed E-state index contributed by atoms with van der Waals surface area (Å²) in [7, 11) is 1.53. The van der Waals surface area contributed by atoms with Gasteiger partial charge < -0.3 is 14.8 Å². The van der Waals surface area contributed by atoms with Crippen molar-refractivity contribution in [1.29, 1.82) is 0 Å². The van der Waals surface area contributed by atoms with Gasteiger partial charge in [0.1, 0.15) is 5.56 Å². The van der Waals surface area contributed by atoms with Gasteiger partial charge in [0.05, 0.1) is 24.6 Å². The molecule has 4 rings (SSSR count). The monoisotopic (exact) mass is 406 g/mol. The maximum absolute atomic E-state index is 12.8. The molecule has 1 aliphatic rings. The van der Waals surface area contributed by atoms with E-state index in [2.05, 4.69) is 15.4 Å². The molecule has 0 aliphatic carbocycles. The van der Waals surface area contributed by atoms with E-state index in [-0.39, 0.29) is 11.8 Å². The third-order valence-electron chi connectivity index (χ3n) is 5.15. The molecule has 154 valence electrons. The highest BCUT2D eigenvalue weighted by atomic mass is 16.6. The number of nitrogens with one attached hydrogen (secondary N) is 1. The van der Waals surface area contributed by atoms with Crippen molar-refractivity contribution in [3.05, 3.63) is 71.8 Å². The molecule has 0 bridgehead atoms. The van der Waals surface area contributed by atoms with Crippen molar-refractivity contribution in [2.24, 2.45) is 5.92 Å². The summed E-state index contributed by atoms with van der Waals surface area (Å²) in [6.45, 7) is 1.20. The van der Waals surface area contributed by atoms with Gasteiger partial charge in [-0.15, -0.1) is 0 Å². The van der Waals surface area contributed by atoms with Gasteiger partial charge in [-0.05, 0) is 43.0 Å². The smallest absolute Gasteiger partial charge is 0.347 e. The van der Waals surface area contributed by atoms with Crippen molar-refractivity contribution in [2.45, 2.75) is 19.4 Å². The molecule has 0 spiro atoms. The van der Waals surface area contributed by atoms with Gasteiger partial charge in [0.15, 0.2) is 11.5 Å². The predicted molar refractivity (Wildman–Crippen MR) is 109 cm³/mol. The zero-order chi connectivity index (χ0) is 20.9. The lowest BCUT2D eigenvalue weighted by Gasteiger charge is -2.24. The van der Waals surface area contributed by atoms with E-state index in [0.717, 1.165) is 12.1 Å². The fourth-order valence-electron chi connectivity index (χ4n) is 3.54. The van der Waals surface area contributed by atoms with Crippen LogP contribution in [-0.2, 0) is 13.0 Å². The van der Waals surface area contributed by atoms with Crippen molar-refractivity contribution >= 4 is 11.9 Å². The Kier molecular flexibility index (Phi) is 5.74. The van der Waals surface area contributed by atoms with E-state index >= 15 is 0 Å². The maximum Gasteiger partial charge on any atom is 0.347 e. The molecule has 1 aliphatic heterocycles. The van der Waals surface area contributed by atoms with Crippen LogP contribution in [0.1, 0.15) is 32.8 Å². The second-order valence-corrected chi connectivity index (χ2v) is 7.08. The van der Waals surface area contributed by atoms with Crippen LogP contribution in [0.4, 0.5) is 0 Å². The third kappa shape index (κ3) is 4.17. The van der Waals surface area contributed by atoms with Gasteiger partial charge in [-0.1, -0.05) is 12.1 Å². The number of hydrogen-bond donors (Lipinski definition) is 1. The number of ether oxygens (including phenoxy) is 2. The zero-order valence-electron chi connectivity index (χ0n) is 16.6. The number of hydrogen-bond acceptors (Lipinski definition) is 6. The largest absolute Gasteiger partial charge is 0.493 e. The molecule has 0 unspecified atom stereocenters. The number of fused-ring (bicyclic) bond motifs is 1. The van der Waals surface area contributed by atoms with E-state index in [4.69, 9.17) is 9.47 Å². The Morgan fingerprint density at radius 3 is 2.77 bits per heavy atom. The Labute approximate surface area is 173 Å². The minimum Gasteiger partial charge on any atom is -0.493 e. The van der Waals surface area contributed by atoms with E-state index < -0.39 is 5.97 Å². The van der Waals surface area contributed by atoms with Crippen LogP contribution >= 0.6 is 0 Å². The Hall–Kier alpha value is -3.68. The summed E-state index contributed by atoms with van der Waals surface area (Å²) < 4.78 is 12.6. The first kappa shape index (κ1) is 19.6. The lowest BCUT2D eigenvalue weighted by molar-refractivity contribution is 0.0727. The average molecular weight is 406 g/mol. The number of aryl methyl sites for hydroxylation is 1. The molecule has 1 aromatic carbocycles. The molecule has 8 heteroatoms. The van der Waals surface area contributed by atoms with Gasteiger partial charge in [-0.25, -0.2) is 4.79 Å². The van der Waals surface area contributed by atoms with E-state index in [1.165, 1.54) is 13.3 Å². The molecule has 30 heavy (non-hydrogen) atoms. The minimum absolute atomic E-state index is 0.155. The normalized spacial score (nSPS) is 15.2. The summed E-state index contributed by atoms with van der Waals surface area (Å²) in [5, 5.41) is 7.28. The molecular formula is C22H22N4O4. The van der Waals surface area contributed by atoms with Gasteiger partial charge in [-0.3, -0.25) is 14.5 Å². The van der Waals surface area contributed by atoms with Gasteiger partial charge in [0.25, 0.3) is 5.91 Å². The fraction of sp³-hybridized carbons (Fsp3) is 0.273. The van der Waals surface area contributed by atoms with Crippen LogP contribution in [0.2, 0.25) is 0 Å². The number of benzene rings is 1. The molecule has 0 fully saturated rings. The minimum atomic E-state index is -0.471. The molecule has 0 saturated heterocycles. The van der Waals surface area contributed by atoms with Crippen molar-refractivity contribution in [1.82, 2.24) is 20.1 Å². The molecule has 2 aromatic heterocycles. The second kappa shape index (κ2) is 8.77. The average Bonchev–Trinajstić information content (AvgIpc) is 3.22. The number of rotatable bonds is 6. The first-order chi connectivity index (χ1) is 14.7. The molecule has 8 nitrogen and oxygen atoms in total. The molecular weight excluding hydrogens is 384 g/mol. The first-order valence-electron chi connectivity index (χ1n) is 9.74. The van der Waals surface area contributed by atoms with E-state index in [1.807, 2.05) is 10.7 Å². The maximum atomic E-state index is 12.8. The van der Waals surface area contributed by atoms with Crippen LogP contribution in [-0.4, -0.2) is 40.3 Å². The SMILES string of the molecule is COc1ccccc1OC(=O)c1cnn2c1C[C@@H](CNC(=O)c1cccnc1)CC2. The molecule has 1 N–H and O–H groups in total. The Morgan fingerprint density at radius 2 is 2.00 bits per heavy atom. The summed E-state index contributed by atoms with van der Waals surface area (Å²) in [5.41, 5.74) is 1.78. The first-order valence-corrected chi connectivity index (χ1v) is 9.74. The van der Waals surface area contributed by atoms with Crippen LogP contribution in [0.5, 0.6) is 11.5 Å². The molecule has 3 heterocycles. The third-order valence-corrected chi connectivity index (χ3v) is 5.15. The Bertz CT molecular complexity index is 1050. The molecule has 1 atom stereocenters. The second-order valence-electron chi connectivity index (χ2n) is 7.08. The summed E-state index contributed by atoms with van der Waals surface area (Å²) in [6.07, 6.45) is 6.21. The van der Waals surface area contributed by atoms with Crippen molar-refractivity contribution in [3.63, 3.8) is 0 Å². The molecule has 0 radical (unpaired) electrons. The zero-order valence-corrected chi connectivity index (χ0v) is 16.6. The van der Waals surface area contributed by atoms with Crippen LogP contribution < -0.4 is 14.8 Å². The quantitative estimate of drug-likeness (QED) is 0.499. The van der Waals surface area contributed by atoms with Crippen LogP contribution in [0.25, 0.3) is 0 Å². The molecule has 0 saturated carbocycles. The fourth-order valence-corrected chi connectivity index (χ4v) is 3.54. The number of aromatic nitrogens is 3. The number of carbonyl (C=O) groups excluding carboxylic acids is 2. The van der Waals surface area contributed by atoms with Gasteiger partial charge in [-0.2, -0.15) is 5.10 Å². The van der Waals surface area contributed by atoms with E-state index in [0.29, 0.717) is 42.1 Å². The lowest BCUT2D eigenvalue weighted by atomic mass is 9.94. The number of nitrogens with zero attached hydrogens (tertiary/aromatic N) is 3. The van der Waals surface area contributed by atoms with Crippen LogP contribution in [0, 0.1) is 5.92 Å². The van der Waals surface area contributed by atoms with Crippen LogP contribution in [0.15, 0.2) is 55.0 Å². The summed E-state index contributed by atoms with van der Waals surface area (Å²) in [4.78, 5) is 29.0. The number of carbonyl (C=O) groups is 2. The highest BCUT2D eigenvalue weighted by Crippen LogP contribution is 2.28. The van der Waals surface area contributed by atoms with Gasteiger partial charge in [0, 0.05) is 25.5 Å². The number of amides is 1. The highest BCUT2D eigenvalue weighted by Gasteiger charge is 2.27. The topological polar surface area (TPSA) is 95.3 Å². The standard InChI is InChI=1S/C22H22N4O4/c1-29-19-6-2-3-7-20(19)30-22(28)17-14-25-26-10-8-15(11-18(17)26)12-24-21(27)16-5-4-9-23-13-16/h2-7,9,13-15H,8,10-12H2,1H3,(H,24,27)/t15-/m0/s1. The lowest BCUT2D eigenvalue weighted by Crippen LogP contribution is -2.33. The number of esters is 1. The van der Waals surface area contributed by atoms with Crippen molar-refractivity contribution in [2.75, 3.05) is 13.7 Å². The molecule has 3 aromatic rings. The predicted octanol–water partition coefficient (Wildman–Crippen LogP) is 2.50. The summed E-state index contributed by atoms with van der Waals surface area (Å²) in [6, 6.07) is 10.5. The number of pyridine rings is 1. The van der Waals surface area contributed by atoms with Gasteiger partial charge in [0.2, 0.25) is 0 Å². The number of methoxy groups -OCH3 is 1. The van der Waals surface area contributed by atoms with Crippen LogP contribution in [0.3, 0.4) is 0 Å². The van der Waals surface area contributed by atoms with E-state index in [1.54, 1.807) is 42.7 Å².